The standard InChI is InChI=1S/C14H19N3OS/c1-9(2)5-7-17(3)14(18)13-12(15)10-4-6-16-8-11(10)19-13/h4,6,8-9H,5,7,15H2,1-3H3. The Hall–Kier alpha value is -1.62. The van der Waals surface area contributed by atoms with Gasteiger partial charge in [-0.2, -0.15) is 0 Å². The second-order valence-corrected chi connectivity index (χ2v) is 6.18. The number of nitrogens with zero attached hydrogens (tertiary/aromatic N) is 2. The maximum absolute atomic E-state index is 12.4. The first-order valence-electron chi connectivity index (χ1n) is 6.38. The maximum Gasteiger partial charge on any atom is 0.265 e. The van der Waals surface area contributed by atoms with Crippen molar-refractivity contribution in [3.63, 3.8) is 0 Å². The minimum atomic E-state index is -0.000602. The monoisotopic (exact) mass is 277 g/mol. The van der Waals surface area contributed by atoms with Crippen LogP contribution in [0.25, 0.3) is 10.1 Å². The number of aromatic nitrogens is 1. The molecular formula is C14H19N3OS. The minimum Gasteiger partial charge on any atom is -0.397 e. The van der Waals surface area contributed by atoms with Gasteiger partial charge >= 0.3 is 0 Å². The van der Waals surface area contributed by atoms with Crippen molar-refractivity contribution in [2.24, 2.45) is 5.92 Å². The van der Waals surface area contributed by atoms with Gasteiger partial charge in [-0.1, -0.05) is 13.8 Å². The predicted molar refractivity (Wildman–Crippen MR) is 80.4 cm³/mol. The molecule has 0 bridgehead atoms. The molecule has 2 aromatic rings. The quantitative estimate of drug-likeness (QED) is 0.934. The van der Waals surface area contributed by atoms with E-state index in [1.54, 1.807) is 17.3 Å². The van der Waals surface area contributed by atoms with E-state index in [2.05, 4.69) is 18.8 Å². The van der Waals surface area contributed by atoms with Crippen LogP contribution in [0.2, 0.25) is 0 Å². The highest BCUT2D eigenvalue weighted by Gasteiger charge is 2.19. The van der Waals surface area contributed by atoms with Crippen molar-refractivity contribution in [1.29, 1.82) is 0 Å². The summed E-state index contributed by atoms with van der Waals surface area (Å²) in [6, 6.07) is 1.85. The first-order valence-corrected chi connectivity index (χ1v) is 7.19. The summed E-state index contributed by atoms with van der Waals surface area (Å²) in [5.41, 5.74) is 6.64. The summed E-state index contributed by atoms with van der Waals surface area (Å²) in [5.74, 6) is 0.582. The number of carbonyl (C=O) groups excluding carboxylic acids is 1. The molecule has 2 rings (SSSR count). The van der Waals surface area contributed by atoms with Crippen molar-refractivity contribution >= 4 is 33.0 Å². The number of thiophene rings is 1. The summed E-state index contributed by atoms with van der Waals surface area (Å²) in [5, 5.41) is 0.917. The predicted octanol–water partition coefficient (Wildman–Crippen LogP) is 3.00. The largest absolute Gasteiger partial charge is 0.397 e. The zero-order valence-electron chi connectivity index (χ0n) is 11.5. The maximum atomic E-state index is 12.4. The van der Waals surface area contributed by atoms with Crippen LogP contribution in [0, 0.1) is 5.92 Å². The van der Waals surface area contributed by atoms with Gasteiger partial charge < -0.3 is 10.6 Å². The van der Waals surface area contributed by atoms with Crippen LogP contribution in [0.1, 0.15) is 29.9 Å². The Labute approximate surface area is 117 Å². The number of pyridine rings is 1. The fourth-order valence-corrected chi connectivity index (χ4v) is 2.94. The average molecular weight is 277 g/mol. The Balaban J connectivity index is 2.24. The smallest absolute Gasteiger partial charge is 0.265 e. The third kappa shape index (κ3) is 2.87. The number of rotatable bonds is 4. The third-order valence-electron chi connectivity index (χ3n) is 3.11. The van der Waals surface area contributed by atoms with Gasteiger partial charge in [0.1, 0.15) is 4.88 Å². The van der Waals surface area contributed by atoms with E-state index >= 15 is 0 Å². The van der Waals surface area contributed by atoms with E-state index in [1.165, 1.54) is 11.3 Å². The lowest BCUT2D eigenvalue weighted by molar-refractivity contribution is 0.0795. The molecule has 2 heterocycles. The van der Waals surface area contributed by atoms with Crippen LogP contribution in [-0.2, 0) is 0 Å². The number of hydrogen-bond acceptors (Lipinski definition) is 4. The van der Waals surface area contributed by atoms with Gasteiger partial charge in [-0.15, -0.1) is 11.3 Å². The molecule has 0 aliphatic heterocycles. The number of amides is 1. The number of nitrogens with two attached hydrogens (primary N) is 1. The van der Waals surface area contributed by atoms with Crippen molar-refractivity contribution in [2.45, 2.75) is 20.3 Å². The highest BCUT2D eigenvalue weighted by Crippen LogP contribution is 2.33. The van der Waals surface area contributed by atoms with Crippen molar-refractivity contribution in [3.05, 3.63) is 23.3 Å². The summed E-state index contributed by atoms with van der Waals surface area (Å²) in [4.78, 5) is 18.8. The van der Waals surface area contributed by atoms with E-state index in [4.69, 9.17) is 5.73 Å². The highest BCUT2D eigenvalue weighted by atomic mass is 32.1. The van der Waals surface area contributed by atoms with Gasteiger partial charge in [0.05, 0.1) is 10.4 Å². The van der Waals surface area contributed by atoms with Gasteiger partial charge in [0.2, 0.25) is 0 Å². The fraction of sp³-hybridized carbons (Fsp3) is 0.429. The topological polar surface area (TPSA) is 59.2 Å². The molecule has 0 aliphatic carbocycles. The van der Waals surface area contributed by atoms with E-state index in [1.807, 2.05) is 13.1 Å². The molecule has 0 unspecified atom stereocenters. The summed E-state index contributed by atoms with van der Waals surface area (Å²) in [7, 11) is 1.83. The first kappa shape index (κ1) is 13.8. The molecular weight excluding hydrogens is 258 g/mol. The summed E-state index contributed by atoms with van der Waals surface area (Å²) in [6.45, 7) is 5.05. The lowest BCUT2D eigenvalue weighted by atomic mass is 10.1. The van der Waals surface area contributed by atoms with Crippen LogP contribution < -0.4 is 5.73 Å². The highest BCUT2D eigenvalue weighted by molar-refractivity contribution is 7.21. The van der Waals surface area contributed by atoms with Crippen molar-refractivity contribution in [3.8, 4) is 0 Å². The van der Waals surface area contributed by atoms with E-state index in [-0.39, 0.29) is 5.91 Å². The third-order valence-corrected chi connectivity index (χ3v) is 4.26. The van der Waals surface area contributed by atoms with Gasteiger partial charge in [-0.25, -0.2) is 0 Å². The van der Waals surface area contributed by atoms with Crippen molar-refractivity contribution in [2.75, 3.05) is 19.3 Å². The molecule has 2 N–H and O–H groups in total. The van der Waals surface area contributed by atoms with Gasteiger partial charge in [0.15, 0.2) is 0 Å². The molecule has 5 heteroatoms. The van der Waals surface area contributed by atoms with Gasteiger partial charge in [0.25, 0.3) is 5.91 Å². The lowest BCUT2D eigenvalue weighted by Crippen LogP contribution is -2.28. The lowest BCUT2D eigenvalue weighted by Gasteiger charge is -2.17. The summed E-state index contributed by atoms with van der Waals surface area (Å²) in [6.07, 6.45) is 4.44. The molecule has 0 fully saturated rings. The molecule has 1 amide bonds. The van der Waals surface area contributed by atoms with Crippen molar-refractivity contribution in [1.82, 2.24) is 9.88 Å². The number of anilines is 1. The normalized spacial score (nSPS) is 11.2. The van der Waals surface area contributed by atoms with Crippen LogP contribution in [0.3, 0.4) is 0 Å². The van der Waals surface area contributed by atoms with Crippen LogP contribution in [0.5, 0.6) is 0 Å². The van der Waals surface area contributed by atoms with E-state index in [9.17, 15) is 4.79 Å². The van der Waals surface area contributed by atoms with E-state index in [0.29, 0.717) is 16.5 Å². The molecule has 19 heavy (non-hydrogen) atoms. The van der Waals surface area contributed by atoms with E-state index < -0.39 is 0 Å². The average Bonchev–Trinajstić information content (AvgIpc) is 2.73. The Morgan fingerprint density at radius 2 is 2.26 bits per heavy atom. The zero-order chi connectivity index (χ0) is 14.0. The molecule has 2 aromatic heterocycles. The van der Waals surface area contributed by atoms with Crippen LogP contribution in [0.4, 0.5) is 5.69 Å². The number of carbonyl (C=O) groups is 1. The Bertz CT molecular complexity index is 591. The molecule has 0 saturated carbocycles. The van der Waals surface area contributed by atoms with Gasteiger partial charge in [-0.05, 0) is 18.4 Å². The molecule has 0 spiro atoms. The van der Waals surface area contributed by atoms with Crippen LogP contribution in [-0.4, -0.2) is 29.4 Å². The summed E-state index contributed by atoms with van der Waals surface area (Å²) < 4.78 is 0.959. The molecule has 0 saturated heterocycles. The number of hydrogen-bond donors (Lipinski definition) is 1. The van der Waals surface area contributed by atoms with Gasteiger partial charge in [0, 0.05) is 31.4 Å². The molecule has 0 aromatic carbocycles. The Morgan fingerprint density at radius 3 is 2.89 bits per heavy atom. The summed E-state index contributed by atoms with van der Waals surface area (Å²) >= 11 is 1.42. The fourth-order valence-electron chi connectivity index (χ4n) is 1.86. The molecule has 0 atom stereocenters. The SMILES string of the molecule is CC(C)CCN(C)C(=O)c1sc2cnccc2c1N. The second-order valence-electron chi connectivity index (χ2n) is 5.13. The first-order chi connectivity index (χ1) is 9.00. The molecule has 0 aliphatic rings. The van der Waals surface area contributed by atoms with Crippen LogP contribution >= 0.6 is 11.3 Å². The Morgan fingerprint density at radius 1 is 1.53 bits per heavy atom. The Kier molecular flexibility index (Phi) is 4.04. The molecule has 0 radical (unpaired) electrons. The van der Waals surface area contributed by atoms with Crippen LogP contribution in [0.15, 0.2) is 18.5 Å². The van der Waals surface area contributed by atoms with Gasteiger partial charge in [-0.3, -0.25) is 9.78 Å². The van der Waals surface area contributed by atoms with Crippen molar-refractivity contribution < 1.29 is 4.79 Å². The number of nitrogen functional groups attached to an aromatic ring is 1. The van der Waals surface area contributed by atoms with E-state index in [0.717, 1.165) is 23.1 Å². The zero-order valence-corrected chi connectivity index (χ0v) is 12.3. The minimum absolute atomic E-state index is 0.000602. The molecule has 4 nitrogen and oxygen atoms in total. The number of fused-ring (bicyclic) bond motifs is 1. The molecule has 102 valence electrons. The second kappa shape index (κ2) is 5.57.